The fourth-order valence-electron chi connectivity index (χ4n) is 3.64. The van der Waals surface area contributed by atoms with Crippen LogP contribution in [-0.4, -0.2) is 33.5 Å². The van der Waals surface area contributed by atoms with E-state index in [4.69, 9.17) is 4.74 Å². The van der Waals surface area contributed by atoms with E-state index in [9.17, 15) is 24.5 Å². The molecule has 3 amide bonds. The van der Waals surface area contributed by atoms with Crippen molar-refractivity contribution in [2.45, 2.75) is 13.5 Å². The Morgan fingerprint density at radius 1 is 1.11 bits per heavy atom. The van der Waals surface area contributed by atoms with Gasteiger partial charge in [-0.3, -0.25) is 29.4 Å². The monoisotopic (exact) mass is 659 g/mol. The second-order valence-corrected chi connectivity index (χ2v) is 10.9. The van der Waals surface area contributed by atoms with Crippen LogP contribution in [0.5, 0.6) is 5.75 Å². The van der Waals surface area contributed by atoms with Crippen molar-refractivity contribution in [1.82, 2.24) is 4.90 Å². The molecule has 1 saturated heterocycles. The molecule has 1 fully saturated rings. The number of anilines is 1. The molecule has 12 heteroatoms. The minimum atomic E-state index is -0.546. The number of aryl methyl sites for hydroxylation is 1. The first kappa shape index (κ1) is 27.6. The number of amides is 3. The molecule has 1 N–H and O–H groups in total. The van der Waals surface area contributed by atoms with Crippen LogP contribution in [0.4, 0.5) is 16.2 Å². The average Bonchev–Trinajstić information content (AvgIpc) is 3.11. The summed E-state index contributed by atoms with van der Waals surface area (Å²) < 4.78 is 6.75. The van der Waals surface area contributed by atoms with Crippen LogP contribution in [0, 0.1) is 17.0 Å². The predicted molar refractivity (Wildman–Crippen MR) is 152 cm³/mol. The molecule has 0 aromatic heterocycles. The lowest BCUT2D eigenvalue weighted by Gasteiger charge is -2.13. The van der Waals surface area contributed by atoms with Crippen LogP contribution < -0.4 is 10.1 Å². The molecule has 0 unspecified atom stereocenters. The van der Waals surface area contributed by atoms with Gasteiger partial charge >= 0.3 is 0 Å². The molecule has 3 aromatic carbocycles. The summed E-state index contributed by atoms with van der Waals surface area (Å²) in [5.41, 5.74) is 2.38. The van der Waals surface area contributed by atoms with Gasteiger partial charge in [-0.2, -0.15) is 0 Å². The van der Waals surface area contributed by atoms with E-state index >= 15 is 0 Å². The Morgan fingerprint density at radius 3 is 2.50 bits per heavy atom. The number of imide groups is 1. The molecule has 0 saturated carbocycles. The van der Waals surface area contributed by atoms with Crippen molar-refractivity contribution in [3.05, 3.63) is 101 Å². The lowest BCUT2D eigenvalue weighted by molar-refractivity contribution is -0.385. The summed E-state index contributed by atoms with van der Waals surface area (Å²) in [6, 6.07) is 16.8. The van der Waals surface area contributed by atoms with Crippen molar-refractivity contribution in [2.24, 2.45) is 0 Å². The maximum absolute atomic E-state index is 12.9. The van der Waals surface area contributed by atoms with Gasteiger partial charge in [0, 0.05) is 17.3 Å². The number of hydrogen-bond donors (Lipinski definition) is 1. The fraction of sp³-hybridized carbons (Fsp3) is 0.115. The molecule has 38 heavy (non-hydrogen) atoms. The number of benzene rings is 3. The molecule has 194 valence electrons. The highest BCUT2D eigenvalue weighted by molar-refractivity contribution is 9.11. The summed E-state index contributed by atoms with van der Waals surface area (Å²) in [6.07, 6.45) is 1.55. The second-order valence-electron chi connectivity index (χ2n) is 8.17. The lowest BCUT2D eigenvalue weighted by atomic mass is 10.1. The van der Waals surface area contributed by atoms with E-state index in [2.05, 4.69) is 37.2 Å². The average molecular weight is 661 g/mol. The van der Waals surface area contributed by atoms with Crippen molar-refractivity contribution in [1.29, 1.82) is 0 Å². The smallest absolute Gasteiger partial charge is 0.293 e. The Kier molecular flexibility index (Phi) is 8.65. The first-order valence-corrected chi connectivity index (χ1v) is 13.5. The van der Waals surface area contributed by atoms with Crippen LogP contribution in [0.25, 0.3) is 6.08 Å². The fourth-order valence-corrected chi connectivity index (χ4v) is 5.93. The third-order valence-electron chi connectivity index (χ3n) is 5.36. The van der Waals surface area contributed by atoms with Crippen molar-refractivity contribution >= 4 is 78.1 Å². The number of hydrogen-bond acceptors (Lipinski definition) is 7. The van der Waals surface area contributed by atoms with Crippen molar-refractivity contribution < 1.29 is 24.0 Å². The molecular formula is C26H19Br2N3O6S. The molecule has 0 aliphatic carbocycles. The van der Waals surface area contributed by atoms with Crippen LogP contribution in [0.1, 0.15) is 16.7 Å². The van der Waals surface area contributed by atoms with E-state index in [1.54, 1.807) is 30.3 Å². The normalized spacial score (nSPS) is 14.2. The van der Waals surface area contributed by atoms with Gasteiger partial charge in [0.1, 0.15) is 5.75 Å². The molecule has 3 aromatic rings. The van der Waals surface area contributed by atoms with Crippen molar-refractivity contribution in [3.8, 4) is 5.75 Å². The molecule has 0 spiro atoms. The number of nitro groups is 1. The highest BCUT2D eigenvalue weighted by Crippen LogP contribution is 2.38. The van der Waals surface area contributed by atoms with E-state index < -0.39 is 16.1 Å². The molecule has 1 aliphatic rings. The highest BCUT2D eigenvalue weighted by Gasteiger charge is 2.36. The van der Waals surface area contributed by atoms with E-state index in [0.717, 1.165) is 22.2 Å². The largest absolute Gasteiger partial charge is 0.481 e. The third kappa shape index (κ3) is 6.50. The maximum atomic E-state index is 12.9. The van der Waals surface area contributed by atoms with Gasteiger partial charge in [0.2, 0.25) is 0 Å². The molecule has 0 bridgehead atoms. The number of nitro benzene ring substituents is 1. The molecule has 1 aliphatic heterocycles. The Labute approximate surface area is 238 Å². The Morgan fingerprint density at radius 2 is 1.82 bits per heavy atom. The number of nitrogens with zero attached hydrogens (tertiary/aromatic N) is 2. The summed E-state index contributed by atoms with van der Waals surface area (Å²) in [4.78, 5) is 49.7. The van der Waals surface area contributed by atoms with E-state index in [-0.39, 0.29) is 35.2 Å². The molecule has 1 heterocycles. The minimum Gasteiger partial charge on any atom is -0.481 e. The SMILES string of the molecule is Cc1cccc(NC(=O)COc2c(Br)cc(/C=C3\SC(=O)N(Cc4ccccc4[N+](=O)[O-])C3=O)cc2Br)c1. The van der Waals surface area contributed by atoms with Gasteiger partial charge in [-0.1, -0.05) is 30.3 Å². The molecule has 0 atom stereocenters. The lowest BCUT2D eigenvalue weighted by Crippen LogP contribution is -2.27. The number of nitrogens with one attached hydrogen (secondary N) is 1. The quantitative estimate of drug-likeness (QED) is 0.163. The first-order chi connectivity index (χ1) is 18.1. The van der Waals surface area contributed by atoms with Crippen LogP contribution in [0.2, 0.25) is 0 Å². The van der Waals surface area contributed by atoms with Crippen molar-refractivity contribution in [2.75, 3.05) is 11.9 Å². The van der Waals surface area contributed by atoms with E-state index in [1.165, 1.54) is 18.2 Å². The molecule has 4 rings (SSSR count). The minimum absolute atomic E-state index is 0.161. The summed E-state index contributed by atoms with van der Waals surface area (Å²) in [7, 11) is 0. The Balaban J connectivity index is 1.45. The summed E-state index contributed by atoms with van der Waals surface area (Å²) in [5.74, 6) is -0.477. The van der Waals surface area contributed by atoms with Gasteiger partial charge in [0.25, 0.3) is 22.7 Å². The molecule has 9 nitrogen and oxygen atoms in total. The van der Waals surface area contributed by atoms with Gasteiger partial charge < -0.3 is 10.1 Å². The number of thioether (sulfide) groups is 1. The van der Waals surface area contributed by atoms with Crippen molar-refractivity contribution in [3.63, 3.8) is 0 Å². The Hall–Kier alpha value is -3.48. The molecular weight excluding hydrogens is 642 g/mol. The molecule has 0 radical (unpaired) electrons. The zero-order valence-corrected chi connectivity index (χ0v) is 23.8. The number of carbonyl (C=O) groups excluding carboxylic acids is 3. The zero-order chi connectivity index (χ0) is 27.4. The van der Waals surface area contributed by atoms with Gasteiger partial charge in [-0.25, -0.2) is 0 Å². The maximum Gasteiger partial charge on any atom is 0.293 e. The van der Waals surface area contributed by atoms with Crippen LogP contribution in [0.3, 0.4) is 0 Å². The van der Waals surface area contributed by atoms with Crippen LogP contribution >= 0.6 is 43.6 Å². The van der Waals surface area contributed by atoms with Gasteiger partial charge in [-0.15, -0.1) is 0 Å². The predicted octanol–water partition coefficient (Wildman–Crippen LogP) is 6.68. The van der Waals surface area contributed by atoms with Crippen LogP contribution in [-0.2, 0) is 16.1 Å². The van der Waals surface area contributed by atoms with Crippen LogP contribution in [0.15, 0.2) is 74.5 Å². The van der Waals surface area contributed by atoms with Gasteiger partial charge in [-0.05, 0) is 92.0 Å². The number of halogens is 2. The highest BCUT2D eigenvalue weighted by atomic mass is 79.9. The standard InChI is InChI=1S/C26H19Br2N3O6S/c1-15-5-4-7-18(9-15)29-23(32)14-37-24-19(27)10-16(11-20(24)28)12-22-25(33)30(26(34)38-22)13-17-6-2-3-8-21(17)31(35)36/h2-12H,13-14H2,1H3,(H,29,32)/b22-12-. The zero-order valence-electron chi connectivity index (χ0n) is 19.8. The second kappa shape index (κ2) is 11.9. The number of rotatable bonds is 8. The summed E-state index contributed by atoms with van der Waals surface area (Å²) in [5, 5.41) is 13.5. The summed E-state index contributed by atoms with van der Waals surface area (Å²) in [6.45, 7) is 1.50. The Bertz CT molecular complexity index is 1470. The number of ether oxygens (including phenoxy) is 1. The topological polar surface area (TPSA) is 119 Å². The number of para-hydroxylation sites is 1. The third-order valence-corrected chi connectivity index (χ3v) is 7.44. The van der Waals surface area contributed by atoms with E-state index in [1.807, 2.05) is 25.1 Å². The first-order valence-electron chi connectivity index (χ1n) is 11.1. The number of carbonyl (C=O) groups is 3. The van der Waals surface area contributed by atoms with Gasteiger partial charge in [0.05, 0.1) is 25.3 Å². The van der Waals surface area contributed by atoms with Gasteiger partial charge in [0.15, 0.2) is 6.61 Å². The van der Waals surface area contributed by atoms with E-state index in [0.29, 0.717) is 25.9 Å². The summed E-state index contributed by atoms with van der Waals surface area (Å²) >= 11 is 7.62.